The van der Waals surface area contributed by atoms with Gasteiger partial charge in [0.15, 0.2) is 0 Å². The van der Waals surface area contributed by atoms with Gasteiger partial charge in [0.1, 0.15) is 23.0 Å². The average Bonchev–Trinajstić information content (AvgIpc) is 3.05. The van der Waals surface area contributed by atoms with Crippen molar-refractivity contribution in [3.63, 3.8) is 0 Å². The van der Waals surface area contributed by atoms with Crippen LogP contribution in [0.1, 0.15) is 44.7 Å². The fraction of sp³-hybridized carbons (Fsp3) is 0.526. The second kappa shape index (κ2) is 15.3. The highest BCUT2D eigenvalue weighted by atomic mass is 19.4. The number of fused-ring (bicyclic) bond motifs is 1. The highest BCUT2D eigenvalue weighted by Gasteiger charge is 2.61. The van der Waals surface area contributed by atoms with E-state index in [1.54, 1.807) is 31.4 Å². The van der Waals surface area contributed by atoms with Crippen LogP contribution in [0.15, 0.2) is 48.5 Å². The summed E-state index contributed by atoms with van der Waals surface area (Å²) in [5, 5.41) is 13.5. The molecule has 2 fully saturated rings. The lowest BCUT2D eigenvalue weighted by molar-refractivity contribution is -0.236. The number of alkyl halides is 6. The van der Waals surface area contributed by atoms with Crippen LogP contribution in [0.25, 0.3) is 21.9 Å². The van der Waals surface area contributed by atoms with Crippen LogP contribution in [-0.4, -0.2) is 104 Å². The lowest BCUT2D eigenvalue weighted by atomic mass is 9.76. The molecule has 0 saturated carbocycles. The first-order valence-electron chi connectivity index (χ1n) is 17.3. The van der Waals surface area contributed by atoms with Crippen LogP contribution in [0.3, 0.4) is 0 Å². The molecule has 290 valence electrons. The van der Waals surface area contributed by atoms with E-state index in [1.165, 1.54) is 7.11 Å². The number of carboxylic acid groups (broad SMARTS) is 1. The number of rotatable bonds is 12. The third-order valence-electron chi connectivity index (χ3n) is 9.86. The molecule has 15 heteroatoms. The molecular weight excluding hydrogens is 708 g/mol. The number of hydrogen-bond acceptors (Lipinski definition) is 7. The zero-order valence-electron chi connectivity index (χ0n) is 30.3. The molecule has 2 heterocycles. The number of benzene rings is 3. The number of ether oxygens (including phenoxy) is 3. The lowest BCUT2D eigenvalue weighted by Gasteiger charge is -2.42. The summed E-state index contributed by atoms with van der Waals surface area (Å²) in [6, 6.07) is 12.5. The van der Waals surface area contributed by atoms with E-state index in [1.807, 2.05) is 45.0 Å². The SMILES string of the molecule is COc1ccc(CN2CC(OC(C)(C)C)C2)c(OC)c1-c1cccc2c(C[C@H](NC(=O)C3(C(F)(F)F)CCN(CC(F)(F)F)CC3)C(=O)O)cccc12. The molecule has 1 atom stereocenters. The van der Waals surface area contributed by atoms with Gasteiger partial charge in [-0.25, -0.2) is 4.79 Å². The van der Waals surface area contributed by atoms with Crippen LogP contribution < -0.4 is 14.8 Å². The molecule has 0 unspecified atom stereocenters. The van der Waals surface area contributed by atoms with Gasteiger partial charge in [-0.1, -0.05) is 42.5 Å². The number of amides is 1. The molecule has 9 nitrogen and oxygen atoms in total. The number of likely N-dealkylation sites (tertiary alicyclic amines) is 2. The van der Waals surface area contributed by atoms with Crippen LogP contribution in [0.4, 0.5) is 26.3 Å². The van der Waals surface area contributed by atoms with Crippen molar-refractivity contribution in [2.45, 2.75) is 76.7 Å². The predicted molar refractivity (Wildman–Crippen MR) is 186 cm³/mol. The van der Waals surface area contributed by atoms with Gasteiger partial charge in [0.25, 0.3) is 0 Å². The van der Waals surface area contributed by atoms with Gasteiger partial charge in [0.2, 0.25) is 5.91 Å². The van der Waals surface area contributed by atoms with Crippen molar-refractivity contribution < 1.29 is 55.2 Å². The maximum absolute atomic E-state index is 14.4. The van der Waals surface area contributed by atoms with Crippen LogP contribution in [0.5, 0.6) is 11.5 Å². The molecule has 0 radical (unpaired) electrons. The zero-order valence-corrected chi connectivity index (χ0v) is 30.3. The minimum Gasteiger partial charge on any atom is -0.496 e. The quantitative estimate of drug-likeness (QED) is 0.194. The number of nitrogens with zero attached hydrogens (tertiary/aromatic N) is 2. The first-order chi connectivity index (χ1) is 24.7. The Morgan fingerprint density at radius 3 is 2.09 bits per heavy atom. The molecule has 0 aromatic heterocycles. The van der Waals surface area contributed by atoms with Gasteiger partial charge in [-0.2, -0.15) is 26.3 Å². The largest absolute Gasteiger partial charge is 0.496 e. The van der Waals surface area contributed by atoms with Crippen molar-refractivity contribution in [3.8, 4) is 22.6 Å². The Morgan fingerprint density at radius 2 is 1.53 bits per heavy atom. The number of carbonyl (C=O) groups excluding carboxylic acids is 1. The summed E-state index contributed by atoms with van der Waals surface area (Å²) < 4.78 is 99.9. The number of piperidine rings is 1. The lowest BCUT2D eigenvalue weighted by Crippen LogP contribution is -2.59. The smallest absolute Gasteiger partial charge is 0.403 e. The second-order valence-corrected chi connectivity index (χ2v) is 14.7. The predicted octanol–water partition coefficient (Wildman–Crippen LogP) is 6.84. The van der Waals surface area contributed by atoms with Crippen LogP contribution in [0, 0.1) is 5.41 Å². The fourth-order valence-electron chi connectivity index (χ4n) is 7.33. The molecular formula is C38H45F6N3O6. The Kier molecular flexibility index (Phi) is 11.6. The summed E-state index contributed by atoms with van der Waals surface area (Å²) >= 11 is 0. The molecule has 5 rings (SSSR count). The second-order valence-electron chi connectivity index (χ2n) is 14.7. The maximum Gasteiger partial charge on any atom is 0.403 e. The monoisotopic (exact) mass is 753 g/mol. The van der Waals surface area contributed by atoms with Crippen LogP contribution >= 0.6 is 0 Å². The number of halogens is 6. The Balaban J connectivity index is 1.43. The summed E-state index contributed by atoms with van der Waals surface area (Å²) in [7, 11) is 3.10. The van der Waals surface area contributed by atoms with Crippen molar-refractivity contribution in [1.29, 1.82) is 0 Å². The highest BCUT2D eigenvalue weighted by Crippen LogP contribution is 2.48. The number of hydrogen-bond donors (Lipinski definition) is 2. The Bertz CT molecular complexity index is 1790. The molecule has 2 aliphatic heterocycles. The summed E-state index contributed by atoms with van der Waals surface area (Å²) in [6.45, 7) is 5.47. The number of methoxy groups -OCH3 is 2. The van der Waals surface area contributed by atoms with E-state index in [0.717, 1.165) is 23.6 Å². The van der Waals surface area contributed by atoms with Crippen molar-refractivity contribution >= 4 is 22.6 Å². The molecule has 3 aromatic rings. The maximum atomic E-state index is 14.4. The minimum atomic E-state index is -5.12. The normalized spacial score (nSPS) is 18.0. The van der Waals surface area contributed by atoms with E-state index in [9.17, 15) is 41.0 Å². The Labute approximate surface area is 304 Å². The Morgan fingerprint density at radius 1 is 0.887 bits per heavy atom. The van der Waals surface area contributed by atoms with E-state index in [2.05, 4.69) is 10.2 Å². The molecule has 53 heavy (non-hydrogen) atoms. The topological polar surface area (TPSA) is 101 Å². The first-order valence-corrected chi connectivity index (χ1v) is 17.3. The number of aliphatic carboxylic acids is 1. The molecule has 3 aromatic carbocycles. The number of carbonyl (C=O) groups is 2. The van der Waals surface area contributed by atoms with Gasteiger partial charge in [-0.3, -0.25) is 14.6 Å². The summed E-state index contributed by atoms with van der Waals surface area (Å²) in [4.78, 5) is 28.8. The standard InChI is InChI=1S/C38H45F6N3O6/c1-35(2,3)53-25-20-47(21-25)19-24-12-13-30(51-4)31(32(24)52-5)28-11-7-9-26-23(8-6-10-27(26)28)18-29(33(48)49)45-34(50)36(38(42,43)44)14-16-46(17-15-36)22-37(39,40)41/h6-13,25,29H,14-22H2,1-5H3,(H,45,50)(H,48,49)/t29-/m0/s1. The zero-order chi connectivity index (χ0) is 38.9. The average molecular weight is 754 g/mol. The fourth-order valence-corrected chi connectivity index (χ4v) is 7.33. The van der Waals surface area contributed by atoms with Crippen molar-refractivity contribution in [1.82, 2.24) is 15.1 Å². The van der Waals surface area contributed by atoms with Gasteiger partial charge in [-0.15, -0.1) is 0 Å². The summed E-state index contributed by atoms with van der Waals surface area (Å²) in [5.41, 5.74) is -0.583. The van der Waals surface area contributed by atoms with Gasteiger partial charge in [0, 0.05) is 31.6 Å². The number of nitrogens with one attached hydrogen (secondary N) is 1. The van der Waals surface area contributed by atoms with Gasteiger partial charge in [0.05, 0.1) is 38.0 Å². The van der Waals surface area contributed by atoms with E-state index < -0.39 is 68.2 Å². The van der Waals surface area contributed by atoms with Crippen molar-refractivity contribution in [3.05, 3.63) is 59.7 Å². The van der Waals surface area contributed by atoms with Gasteiger partial charge < -0.3 is 24.6 Å². The molecule has 2 aliphatic rings. The third kappa shape index (κ3) is 9.01. The van der Waals surface area contributed by atoms with Gasteiger partial charge in [-0.05, 0) is 74.7 Å². The highest BCUT2D eigenvalue weighted by molar-refractivity contribution is 6.01. The molecule has 0 aliphatic carbocycles. The minimum absolute atomic E-state index is 0.116. The first kappa shape index (κ1) is 40.1. The number of carboxylic acids is 1. The van der Waals surface area contributed by atoms with E-state index >= 15 is 0 Å². The van der Waals surface area contributed by atoms with Crippen molar-refractivity contribution in [2.75, 3.05) is 46.9 Å². The molecule has 0 spiro atoms. The Hall–Kier alpha value is -4.08. The van der Waals surface area contributed by atoms with Gasteiger partial charge >= 0.3 is 18.3 Å². The molecule has 2 saturated heterocycles. The molecule has 1 amide bonds. The van der Waals surface area contributed by atoms with E-state index in [4.69, 9.17) is 14.2 Å². The van der Waals surface area contributed by atoms with Crippen LogP contribution in [0.2, 0.25) is 0 Å². The summed E-state index contributed by atoms with van der Waals surface area (Å²) in [6.07, 6.45) is -11.9. The molecule has 2 N–H and O–H groups in total. The van der Waals surface area contributed by atoms with E-state index in [0.29, 0.717) is 45.5 Å². The third-order valence-corrected chi connectivity index (χ3v) is 9.86. The van der Waals surface area contributed by atoms with E-state index in [-0.39, 0.29) is 18.1 Å². The van der Waals surface area contributed by atoms with Crippen LogP contribution in [-0.2, 0) is 27.3 Å². The van der Waals surface area contributed by atoms with Crippen molar-refractivity contribution in [2.24, 2.45) is 5.41 Å². The molecule has 0 bridgehead atoms. The summed E-state index contributed by atoms with van der Waals surface area (Å²) in [5.74, 6) is -2.03.